The molecule has 2 amide bonds. The number of phenols is 1. The smallest absolute Gasteiger partial charge is 0.255 e. The molecule has 1 fully saturated rings. The fourth-order valence-corrected chi connectivity index (χ4v) is 5.52. The van der Waals surface area contributed by atoms with E-state index in [0.29, 0.717) is 5.56 Å². The van der Waals surface area contributed by atoms with Crippen molar-refractivity contribution in [3.05, 3.63) is 40.2 Å². The van der Waals surface area contributed by atoms with Crippen molar-refractivity contribution in [3.8, 4) is 5.75 Å². The summed E-state index contributed by atoms with van der Waals surface area (Å²) < 4.78 is 0. The summed E-state index contributed by atoms with van der Waals surface area (Å²) in [5.74, 6) is -7.91. The van der Waals surface area contributed by atoms with Crippen LogP contribution in [0.15, 0.2) is 29.0 Å². The van der Waals surface area contributed by atoms with E-state index in [1.165, 1.54) is 25.1 Å². The fraction of sp³-hybridized carbons (Fsp3) is 0.391. The maximum atomic E-state index is 13.7. The van der Waals surface area contributed by atoms with Crippen LogP contribution in [-0.4, -0.2) is 81.0 Å². The predicted molar refractivity (Wildman–Crippen MR) is 122 cm³/mol. The highest BCUT2D eigenvalue weighted by molar-refractivity contribution is 6.24. The molecule has 0 saturated heterocycles. The number of anilines is 1. The first-order valence-corrected chi connectivity index (χ1v) is 10.9. The number of carbonyl (C=O) groups is 4. The molecule has 9 N–H and O–H groups in total. The highest BCUT2D eigenvalue weighted by Gasteiger charge is 2.64. The van der Waals surface area contributed by atoms with Gasteiger partial charge in [0.05, 0.1) is 23.8 Å². The van der Waals surface area contributed by atoms with Gasteiger partial charge in [-0.15, -0.1) is 0 Å². The zero-order valence-electron chi connectivity index (χ0n) is 19.0. The quantitative estimate of drug-likeness (QED) is 0.200. The third-order valence-electron chi connectivity index (χ3n) is 7.05. The number of hydrogen-bond acceptors (Lipinski definition) is 10. The van der Waals surface area contributed by atoms with Gasteiger partial charge in [-0.2, -0.15) is 0 Å². The van der Waals surface area contributed by atoms with Gasteiger partial charge in [-0.3, -0.25) is 24.1 Å². The minimum absolute atomic E-state index is 0.00180. The van der Waals surface area contributed by atoms with Crippen molar-refractivity contribution < 1.29 is 39.6 Å². The first-order chi connectivity index (χ1) is 16.4. The van der Waals surface area contributed by atoms with E-state index in [2.05, 4.69) is 5.32 Å². The first kappa shape index (κ1) is 24.4. The molecular weight excluding hydrogens is 460 g/mol. The second-order valence-corrected chi connectivity index (χ2v) is 9.21. The summed E-state index contributed by atoms with van der Waals surface area (Å²) in [5.41, 5.74) is 7.05. The number of benzene rings is 1. The molecule has 1 aromatic carbocycles. The van der Waals surface area contributed by atoms with Crippen molar-refractivity contribution in [2.24, 2.45) is 23.3 Å². The molecule has 186 valence electrons. The van der Waals surface area contributed by atoms with E-state index in [4.69, 9.17) is 11.5 Å². The van der Waals surface area contributed by atoms with E-state index in [1.54, 1.807) is 6.07 Å². The lowest BCUT2D eigenvalue weighted by Crippen LogP contribution is -2.65. The molecular formula is C23H26N4O8. The average Bonchev–Trinajstić information content (AvgIpc) is 2.77. The monoisotopic (exact) mass is 486 g/mol. The van der Waals surface area contributed by atoms with Crippen LogP contribution in [0.5, 0.6) is 5.75 Å². The van der Waals surface area contributed by atoms with E-state index in [1.807, 2.05) is 0 Å². The summed E-state index contributed by atoms with van der Waals surface area (Å²) in [5, 5.41) is 46.6. The Kier molecular flexibility index (Phi) is 5.70. The van der Waals surface area contributed by atoms with Gasteiger partial charge in [0.2, 0.25) is 11.7 Å². The lowest BCUT2D eigenvalue weighted by molar-refractivity contribution is -0.153. The number of rotatable bonds is 4. The molecule has 12 heteroatoms. The maximum absolute atomic E-state index is 13.7. The Morgan fingerprint density at radius 3 is 2.43 bits per heavy atom. The number of Topliss-reactive ketones (excluding diaryl/α,β-unsaturated/α-hetero) is 2. The van der Waals surface area contributed by atoms with Crippen LogP contribution in [0.25, 0.3) is 5.76 Å². The number of aliphatic hydroxyl groups excluding tert-OH is 2. The van der Waals surface area contributed by atoms with E-state index >= 15 is 0 Å². The van der Waals surface area contributed by atoms with Gasteiger partial charge in [-0.1, -0.05) is 6.07 Å². The topological polar surface area (TPSA) is 217 Å². The Labute approximate surface area is 199 Å². The number of nitrogens with one attached hydrogen (secondary N) is 1. The number of amides is 2. The van der Waals surface area contributed by atoms with Crippen molar-refractivity contribution in [1.29, 1.82) is 0 Å². The van der Waals surface area contributed by atoms with Crippen LogP contribution >= 0.6 is 0 Å². The molecule has 0 aromatic heterocycles. The lowest BCUT2D eigenvalue weighted by atomic mass is 9.57. The normalized spacial score (nSPS) is 28.0. The number of hydrogen-bond donors (Lipinski definition) is 7. The van der Waals surface area contributed by atoms with E-state index in [9.17, 15) is 39.6 Å². The Morgan fingerprint density at radius 1 is 1.20 bits per heavy atom. The van der Waals surface area contributed by atoms with Gasteiger partial charge in [-0.05, 0) is 44.5 Å². The van der Waals surface area contributed by atoms with Gasteiger partial charge in [-0.25, -0.2) is 0 Å². The third-order valence-corrected chi connectivity index (χ3v) is 7.05. The summed E-state index contributed by atoms with van der Waals surface area (Å²) in [6, 6.07) is 1.86. The van der Waals surface area contributed by atoms with Gasteiger partial charge < -0.3 is 37.2 Å². The second-order valence-electron chi connectivity index (χ2n) is 9.21. The molecule has 1 aromatic rings. The average molecular weight is 486 g/mol. The van der Waals surface area contributed by atoms with Crippen LogP contribution in [0.1, 0.15) is 17.5 Å². The summed E-state index contributed by atoms with van der Waals surface area (Å²) in [7, 11) is 3.06. The van der Waals surface area contributed by atoms with Crippen molar-refractivity contribution in [2.75, 3.05) is 26.0 Å². The third kappa shape index (κ3) is 3.32. The molecule has 4 unspecified atom stereocenters. The van der Waals surface area contributed by atoms with Crippen molar-refractivity contribution in [1.82, 2.24) is 4.90 Å². The Morgan fingerprint density at radius 2 is 1.86 bits per heavy atom. The molecule has 0 spiro atoms. The molecule has 0 aliphatic heterocycles. The second kappa shape index (κ2) is 8.18. The van der Waals surface area contributed by atoms with E-state index in [-0.39, 0.29) is 36.2 Å². The number of primary amides is 1. The first-order valence-electron chi connectivity index (χ1n) is 10.9. The zero-order chi connectivity index (χ0) is 26.0. The number of ketones is 2. The van der Waals surface area contributed by atoms with E-state index < -0.39 is 69.7 Å². The van der Waals surface area contributed by atoms with Crippen LogP contribution in [0.2, 0.25) is 0 Å². The maximum Gasteiger partial charge on any atom is 0.255 e. The number of fused-ring (bicyclic) bond motifs is 3. The molecule has 1 saturated carbocycles. The molecule has 0 radical (unpaired) electrons. The van der Waals surface area contributed by atoms with Crippen molar-refractivity contribution in [3.63, 3.8) is 0 Å². The minimum Gasteiger partial charge on any atom is -0.508 e. The summed E-state index contributed by atoms with van der Waals surface area (Å²) in [6.07, 6.45) is 0.158. The van der Waals surface area contributed by atoms with Crippen LogP contribution in [0.3, 0.4) is 0 Å². The molecule has 0 heterocycles. The number of aromatic hydroxyl groups is 1. The van der Waals surface area contributed by atoms with Gasteiger partial charge >= 0.3 is 0 Å². The van der Waals surface area contributed by atoms with Gasteiger partial charge in [0, 0.05) is 11.5 Å². The molecule has 4 rings (SSSR count). The van der Waals surface area contributed by atoms with Crippen LogP contribution in [0.4, 0.5) is 5.69 Å². The van der Waals surface area contributed by atoms with Gasteiger partial charge in [0.15, 0.2) is 11.4 Å². The number of likely N-dealkylation sites (N-methyl/N-ethyl adjacent to an activating group) is 1. The van der Waals surface area contributed by atoms with Crippen molar-refractivity contribution >= 4 is 34.8 Å². The van der Waals surface area contributed by atoms with Crippen molar-refractivity contribution in [2.45, 2.75) is 24.5 Å². The molecule has 0 bridgehead atoms. The van der Waals surface area contributed by atoms with E-state index in [0.717, 1.165) is 0 Å². The predicted octanol–water partition coefficient (Wildman–Crippen LogP) is -1.14. The van der Waals surface area contributed by atoms with Crippen LogP contribution in [0, 0.1) is 11.8 Å². The Hall–Kier alpha value is -3.74. The molecule has 3 aliphatic rings. The van der Waals surface area contributed by atoms with Gasteiger partial charge in [0.25, 0.3) is 5.91 Å². The van der Waals surface area contributed by atoms with Gasteiger partial charge in [0.1, 0.15) is 22.8 Å². The number of aliphatic hydroxyl groups is 3. The largest absolute Gasteiger partial charge is 0.508 e. The number of carbonyl (C=O) groups excluding carboxylic acids is 4. The highest BCUT2D eigenvalue weighted by Crippen LogP contribution is 2.53. The molecule has 4 atom stereocenters. The Bertz CT molecular complexity index is 1250. The lowest BCUT2D eigenvalue weighted by Gasteiger charge is -2.50. The molecule has 35 heavy (non-hydrogen) atoms. The summed E-state index contributed by atoms with van der Waals surface area (Å²) in [4.78, 5) is 51.8. The molecule has 3 aliphatic carbocycles. The number of nitrogens with zero attached hydrogens (tertiary/aromatic N) is 1. The number of phenolic OH excluding ortho intramolecular Hbond substituents is 1. The fourth-order valence-electron chi connectivity index (χ4n) is 5.52. The van der Waals surface area contributed by atoms with Crippen LogP contribution < -0.4 is 16.8 Å². The standard InChI is InChI=1S/C23H26N4O8/c1-27(2)16-10-6-9-5-8-3-4-11(26-12(28)7-24)17(29)13(8)18(30)14(9)20(32)23(10,35)21(33)15(19(16)31)22(25)34/h3-4,9-10,16,29-30,33,35H,5-7,24H2,1-2H3,(H2,25,34)(H,26,28). The molecule has 12 nitrogen and oxygen atoms in total. The van der Waals surface area contributed by atoms with Crippen LogP contribution in [-0.2, 0) is 25.6 Å². The zero-order valence-corrected chi connectivity index (χ0v) is 19.0. The SMILES string of the molecule is CN(C)C1C(=O)C(C(N)=O)=C(O)C2(O)C(=O)C3=C(O)c4c(ccc(NC(=O)CN)c4O)CC3CC12. The highest BCUT2D eigenvalue weighted by atomic mass is 16.3. The Balaban J connectivity index is 1.92. The number of nitrogens with two attached hydrogens (primary N) is 2. The summed E-state index contributed by atoms with van der Waals surface area (Å²) in [6.45, 7) is -0.349. The summed E-state index contributed by atoms with van der Waals surface area (Å²) >= 11 is 0. The minimum atomic E-state index is -2.70.